The number of carbonyl (C=O) groups excluding carboxylic acids is 1. The molecule has 0 spiro atoms. The lowest BCUT2D eigenvalue weighted by molar-refractivity contribution is 0.0600. The van der Waals surface area contributed by atoms with Crippen LogP contribution in [0.5, 0.6) is 11.5 Å². The maximum absolute atomic E-state index is 13.0. The van der Waals surface area contributed by atoms with E-state index in [0.29, 0.717) is 17.1 Å². The van der Waals surface area contributed by atoms with E-state index in [9.17, 15) is 13.2 Å². The smallest absolute Gasteiger partial charge is 0.337 e. The summed E-state index contributed by atoms with van der Waals surface area (Å²) < 4.78 is 47.3. The average Bonchev–Trinajstić information content (AvgIpc) is 3.26. The molecule has 0 aliphatic heterocycles. The Kier molecular flexibility index (Phi) is 7.02. The fourth-order valence-corrected chi connectivity index (χ4v) is 4.42. The molecule has 0 atom stereocenters. The van der Waals surface area contributed by atoms with E-state index in [2.05, 4.69) is 14.9 Å². The summed E-state index contributed by atoms with van der Waals surface area (Å²) in [5, 5.41) is 3.86. The SMILES string of the molecule is COC(=O)c1ccc(Cl)c(S(=O)(=O)N(C)Cc2nc(-c3ccc(OC)c(OC)c3)no2)c1. The van der Waals surface area contributed by atoms with Crippen LogP contribution in [0.1, 0.15) is 16.2 Å². The number of ether oxygens (including phenoxy) is 3. The fraction of sp³-hybridized carbons (Fsp3) is 0.250. The summed E-state index contributed by atoms with van der Waals surface area (Å²) >= 11 is 6.08. The number of rotatable bonds is 8. The van der Waals surface area contributed by atoms with Crippen LogP contribution in [0.3, 0.4) is 0 Å². The van der Waals surface area contributed by atoms with E-state index >= 15 is 0 Å². The second kappa shape index (κ2) is 9.55. The second-order valence-electron chi connectivity index (χ2n) is 6.48. The molecule has 0 saturated heterocycles. The third kappa shape index (κ3) is 4.69. The molecule has 2 aromatic carbocycles. The van der Waals surface area contributed by atoms with Crippen LogP contribution in [0.15, 0.2) is 45.8 Å². The first kappa shape index (κ1) is 23.5. The van der Waals surface area contributed by atoms with Crippen LogP contribution in [0.2, 0.25) is 5.02 Å². The molecular formula is C20H20ClN3O7S. The van der Waals surface area contributed by atoms with E-state index in [-0.39, 0.29) is 33.7 Å². The van der Waals surface area contributed by atoms with Gasteiger partial charge in [-0.3, -0.25) is 0 Å². The van der Waals surface area contributed by atoms with Crippen molar-refractivity contribution < 1.29 is 31.9 Å². The molecule has 10 nitrogen and oxygen atoms in total. The van der Waals surface area contributed by atoms with Crippen LogP contribution in [0.4, 0.5) is 0 Å². The van der Waals surface area contributed by atoms with E-state index in [4.69, 9.17) is 25.6 Å². The quantitative estimate of drug-likeness (QED) is 0.447. The number of hydrogen-bond donors (Lipinski definition) is 0. The number of aromatic nitrogens is 2. The summed E-state index contributed by atoms with van der Waals surface area (Å²) in [5.41, 5.74) is 0.648. The van der Waals surface area contributed by atoms with Gasteiger partial charge in [0.25, 0.3) is 0 Å². The Morgan fingerprint density at radius 2 is 1.81 bits per heavy atom. The highest BCUT2D eigenvalue weighted by Crippen LogP contribution is 2.31. The Morgan fingerprint density at radius 1 is 1.09 bits per heavy atom. The minimum Gasteiger partial charge on any atom is -0.493 e. The Morgan fingerprint density at radius 3 is 2.47 bits per heavy atom. The topological polar surface area (TPSA) is 121 Å². The van der Waals surface area contributed by atoms with Gasteiger partial charge < -0.3 is 18.7 Å². The Bertz CT molecular complexity index is 1240. The van der Waals surface area contributed by atoms with Gasteiger partial charge in [-0.05, 0) is 36.4 Å². The van der Waals surface area contributed by atoms with Gasteiger partial charge in [-0.1, -0.05) is 16.8 Å². The van der Waals surface area contributed by atoms with Gasteiger partial charge in [0.2, 0.25) is 21.7 Å². The number of sulfonamides is 1. The average molecular weight is 482 g/mol. The first-order chi connectivity index (χ1) is 15.2. The Balaban J connectivity index is 1.85. The van der Waals surface area contributed by atoms with Crippen molar-refractivity contribution in [3.05, 3.63) is 52.9 Å². The second-order valence-corrected chi connectivity index (χ2v) is 8.90. The zero-order valence-electron chi connectivity index (χ0n) is 17.7. The largest absolute Gasteiger partial charge is 0.493 e. The zero-order valence-corrected chi connectivity index (χ0v) is 19.2. The van der Waals surface area contributed by atoms with E-state index < -0.39 is 16.0 Å². The molecule has 3 rings (SSSR count). The highest BCUT2D eigenvalue weighted by Gasteiger charge is 2.27. The van der Waals surface area contributed by atoms with Crippen LogP contribution < -0.4 is 9.47 Å². The molecule has 0 radical (unpaired) electrons. The first-order valence-electron chi connectivity index (χ1n) is 9.10. The summed E-state index contributed by atoms with van der Waals surface area (Å²) in [6, 6.07) is 8.93. The van der Waals surface area contributed by atoms with Crippen molar-refractivity contribution in [2.75, 3.05) is 28.4 Å². The van der Waals surface area contributed by atoms with Gasteiger partial charge >= 0.3 is 5.97 Å². The van der Waals surface area contributed by atoms with Crippen molar-refractivity contribution >= 4 is 27.6 Å². The van der Waals surface area contributed by atoms with Crippen molar-refractivity contribution in [2.24, 2.45) is 0 Å². The normalized spacial score (nSPS) is 11.4. The van der Waals surface area contributed by atoms with Crippen LogP contribution in [-0.4, -0.2) is 57.2 Å². The predicted molar refractivity (Wildman–Crippen MR) is 114 cm³/mol. The zero-order chi connectivity index (χ0) is 23.5. The fourth-order valence-electron chi connectivity index (χ4n) is 2.80. The monoisotopic (exact) mass is 481 g/mol. The number of carbonyl (C=O) groups is 1. The van der Waals surface area contributed by atoms with Gasteiger partial charge in [-0.2, -0.15) is 9.29 Å². The number of esters is 1. The molecule has 32 heavy (non-hydrogen) atoms. The molecular weight excluding hydrogens is 462 g/mol. The summed E-state index contributed by atoms with van der Waals surface area (Å²) in [7, 11) is 1.47. The van der Waals surface area contributed by atoms with Crippen molar-refractivity contribution in [1.29, 1.82) is 0 Å². The molecule has 0 aliphatic rings. The maximum Gasteiger partial charge on any atom is 0.337 e. The molecule has 1 aromatic heterocycles. The van der Waals surface area contributed by atoms with E-state index in [1.807, 2.05) is 0 Å². The van der Waals surface area contributed by atoms with Crippen molar-refractivity contribution in [3.8, 4) is 22.9 Å². The van der Waals surface area contributed by atoms with Gasteiger partial charge in [0.05, 0.1) is 38.5 Å². The molecule has 3 aromatic rings. The highest BCUT2D eigenvalue weighted by atomic mass is 35.5. The number of hydrogen-bond acceptors (Lipinski definition) is 9. The lowest BCUT2D eigenvalue weighted by Gasteiger charge is -2.16. The molecule has 0 amide bonds. The number of halogens is 1. The van der Waals surface area contributed by atoms with Gasteiger partial charge in [0.15, 0.2) is 11.5 Å². The predicted octanol–water partition coefficient (Wildman–Crippen LogP) is 3.01. The minimum atomic E-state index is -4.08. The molecule has 0 N–H and O–H groups in total. The van der Waals surface area contributed by atoms with Crippen LogP contribution in [0, 0.1) is 0 Å². The van der Waals surface area contributed by atoms with Crippen molar-refractivity contribution in [1.82, 2.24) is 14.4 Å². The number of benzene rings is 2. The standard InChI is InChI=1S/C20H20ClN3O7S/c1-24(32(26,27)17-10-13(20(25)30-4)5-7-14(17)21)11-18-22-19(23-31-18)12-6-8-15(28-2)16(9-12)29-3/h5-10H,11H2,1-4H3. The number of nitrogens with zero attached hydrogens (tertiary/aromatic N) is 3. The highest BCUT2D eigenvalue weighted by molar-refractivity contribution is 7.89. The van der Waals surface area contributed by atoms with E-state index in [1.165, 1.54) is 40.5 Å². The molecule has 0 aliphatic carbocycles. The molecule has 0 unspecified atom stereocenters. The molecule has 0 fully saturated rings. The Hall–Kier alpha value is -3.15. The summed E-state index contributed by atoms with van der Waals surface area (Å²) in [6.07, 6.45) is 0. The van der Waals surface area contributed by atoms with Crippen molar-refractivity contribution in [3.63, 3.8) is 0 Å². The van der Waals surface area contributed by atoms with Gasteiger partial charge in [0, 0.05) is 12.6 Å². The van der Waals surface area contributed by atoms with Crippen LogP contribution in [-0.2, 0) is 21.3 Å². The lowest BCUT2D eigenvalue weighted by Crippen LogP contribution is -2.27. The van der Waals surface area contributed by atoms with E-state index in [1.54, 1.807) is 18.2 Å². The summed E-state index contributed by atoms with van der Waals surface area (Å²) in [6.45, 7) is -0.221. The summed E-state index contributed by atoms with van der Waals surface area (Å²) in [4.78, 5) is 15.8. The third-order valence-corrected chi connectivity index (χ3v) is 6.79. The molecule has 0 bridgehead atoms. The first-order valence-corrected chi connectivity index (χ1v) is 10.9. The maximum atomic E-state index is 13.0. The van der Waals surface area contributed by atoms with Gasteiger partial charge in [-0.15, -0.1) is 0 Å². The van der Waals surface area contributed by atoms with Crippen molar-refractivity contribution in [2.45, 2.75) is 11.4 Å². The van der Waals surface area contributed by atoms with Gasteiger partial charge in [-0.25, -0.2) is 13.2 Å². The lowest BCUT2D eigenvalue weighted by atomic mass is 10.2. The minimum absolute atomic E-state index is 0.0407. The Labute approximate surface area is 189 Å². The molecule has 170 valence electrons. The van der Waals surface area contributed by atoms with Gasteiger partial charge in [0.1, 0.15) is 4.90 Å². The third-order valence-electron chi connectivity index (χ3n) is 4.51. The molecule has 1 heterocycles. The van der Waals surface area contributed by atoms with Crippen LogP contribution in [0.25, 0.3) is 11.4 Å². The summed E-state index contributed by atoms with van der Waals surface area (Å²) in [5.74, 6) is 0.642. The molecule has 0 saturated carbocycles. The number of methoxy groups -OCH3 is 3. The van der Waals surface area contributed by atoms with E-state index in [0.717, 1.165) is 10.4 Å². The molecule has 12 heteroatoms. The van der Waals surface area contributed by atoms with Crippen LogP contribution >= 0.6 is 11.6 Å².